The van der Waals surface area contributed by atoms with Crippen LogP contribution in [0.15, 0.2) is 47.8 Å². The molecule has 1 amide bonds. The molecule has 3 aromatic rings. The summed E-state index contributed by atoms with van der Waals surface area (Å²) in [5, 5.41) is 9.59. The standard InChI is InChI=1S/C21H24N4OS/c1-15-5-3-6-17(11-15)25-9-8-16(14-25)13-22-21(26)19-12-18(23-24(19)2)20-7-4-10-27-20/h3-7,10-12,16H,8-9,13-14H2,1-2H3,(H,22,26). The van der Waals surface area contributed by atoms with Crippen LogP contribution in [-0.2, 0) is 7.05 Å². The van der Waals surface area contributed by atoms with Crippen LogP contribution in [0.1, 0.15) is 22.5 Å². The van der Waals surface area contributed by atoms with E-state index in [2.05, 4.69) is 46.5 Å². The van der Waals surface area contributed by atoms with Crippen LogP contribution in [0.4, 0.5) is 5.69 Å². The van der Waals surface area contributed by atoms with E-state index in [9.17, 15) is 4.79 Å². The van der Waals surface area contributed by atoms with Gasteiger partial charge in [-0.2, -0.15) is 5.10 Å². The fraction of sp³-hybridized carbons (Fsp3) is 0.333. The van der Waals surface area contributed by atoms with Crippen LogP contribution < -0.4 is 10.2 Å². The van der Waals surface area contributed by atoms with Crippen molar-refractivity contribution in [2.45, 2.75) is 13.3 Å². The number of aryl methyl sites for hydroxylation is 2. The molecule has 0 bridgehead atoms. The van der Waals surface area contributed by atoms with Gasteiger partial charge < -0.3 is 10.2 Å². The second kappa shape index (κ2) is 7.56. The zero-order valence-corrected chi connectivity index (χ0v) is 16.5. The second-order valence-electron chi connectivity index (χ2n) is 7.17. The number of carbonyl (C=O) groups is 1. The van der Waals surface area contributed by atoms with Gasteiger partial charge in [0.2, 0.25) is 0 Å². The van der Waals surface area contributed by atoms with Crippen molar-refractivity contribution in [1.29, 1.82) is 0 Å². The van der Waals surface area contributed by atoms with Gasteiger partial charge in [0.15, 0.2) is 0 Å². The smallest absolute Gasteiger partial charge is 0.269 e. The van der Waals surface area contributed by atoms with Gasteiger partial charge in [0.05, 0.1) is 4.88 Å². The molecule has 140 valence electrons. The van der Waals surface area contributed by atoms with Gasteiger partial charge in [-0.1, -0.05) is 18.2 Å². The molecule has 0 spiro atoms. The molecule has 1 fully saturated rings. The lowest BCUT2D eigenvalue weighted by molar-refractivity contribution is 0.0939. The lowest BCUT2D eigenvalue weighted by atomic mass is 10.1. The summed E-state index contributed by atoms with van der Waals surface area (Å²) >= 11 is 1.63. The Balaban J connectivity index is 1.35. The third-order valence-electron chi connectivity index (χ3n) is 5.09. The molecule has 0 radical (unpaired) electrons. The van der Waals surface area contributed by atoms with Gasteiger partial charge in [-0.05, 0) is 54.5 Å². The van der Waals surface area contributed by atoms with E-state index in [1.807, 2.05) is 30.6 Å². The maximum Gasteiger partial charge on any atom is 0.269 e. The fourth-order valence-electron chi connectivity index (χ4n) is 3.61. The molecule has 2 aromatic heterocycles. The Morgan fingerprint density at radius 3 is 2.96 bits per heavy atom. The van der Waals surface area contributed by atoms with Crippen molar-refractivity contribution < 1.29 is 4.79 Å². The van der Waals surface area contributed by atoms with Gasteiger partial charge in [-0.15, -0.1) is 11.3 Å². The number of amides is 1. The highest BCUT2D eigenvalue weighted by Crippen LogP contribution is 2.25. The Kier molecular flexibility index (Phi) is 4.99. The number of thiophene rings is 1. The van der Waals surface area contributed by atoms with Crippen molar-refractivity contribution in [2.75, 3.05) is 24.5 Å². The van der Waals surface area contributed by atoms with E-state index < -0.39 is 0 Å². The Morgan fingerprint density at radius 1 is 1.30 bits per heavy atom. The second-order valence-corrected chi connectivity index (χ2v) is 8.11. The highest BCUT2D eigenvalue weighted by Gasteiger charge is 2.24. The Morgan fingerprint density at radius 2 is 2.19 bits per heavy atom. The summed E-state index contributed by atoms with van der Waals surface area (Å²) in [5.41, 5.74) is 4.01. The molecule has 3 heterocycles. The number of nitrogens with zero attached hydrogens (tertiary/aromatic N) is 3. The van der Waals surface area contributed by atoms with Gasteiger partial charge in [-0.3, -0.25) is 9.48 Å². The van der Waals surface area contributed by atoms with Crippen LogP contribution in [0.25, 0.3) is 10.6 Å². The molecule has 6 heteroatoms. The molecule has 4 rings (SSSR count). The van der Waals surface area contributed by atoms with Crippen LogP contribution in [0.2, 0.25) is 0 Å². The van der Waals surface area contributed by atoms with E-state index in [-0.39, 0.29) is 5.91 Å². The van der Waals surface area contributed by atoms with Crippen LogP contribution in [-0.4, -0.2) is 35.3 Å². The van der Waals surface area contributed by atoms with Crippen LogP contribution in [0.3, 0.4) is 0 Å². The van der Waals surface area contributed by atoms with Gasteiger partial charge in [0.1, 0.15) is 11.4 Å². The van der Waals surface area contributed by atoms with Crippen molar-refractivity contribution in [3.05, 3.63) is 59.1 Å². The predicted octanol–water partition coefficient (Wildman–Crippen LogP) is 3.71. The highest BCUT2D eigenvalue weighted by molar-refractivity contribution is 7.13. The molecule has 1 atom stereocenters. The zero-order valence-electron chi connectivity index (χ0n) is 15.7. The first-order chi connectivity index (χ1) is 13.1. The zero-order chi connectivity index (χ0) is 18.8. The first-order valence-electron chi connectivity index (χ1n) is 9.28. The normalized spacial score (nSPS) is 16.7. The minimum absolute atomic E-state index is 0.0539. The number of aromatic nitrogens is 2. The predicted molar refractivity (Wildman–Crippen MR) is 110 cm³/mol. The average molecular weight is 381 g/mol. The van der Waals surface area contributed by atoms with Gasteiger partial charge in [0.25, 0.3) is 5.91 Å². The largest absolute Gasteiger partial charge is 0.371 e. The summed E-state index contributed by atoms with van der Waals surface area (Å²) in [7, 11) is 1.82. The Labute approximate surface area is 163 Å². The van der Waals surface area contributed by atoms with Crippen molar-refractivity contribution >= 4 is 22.9 Å². The van der Waals surface area contributed by atoms with E-state index in [1.165, 1.54) is 11.3 Å². The molecular weight excluding hydrogens is 356 g/mol. The summed E-state index contributed by atoms with van der Waals surface area (Å²) in [6, 6.07) is 14.5. The lowest BCUT2D eigenvalue weighted by Crippen LogP contribution is -2.32. The van der Waals surface area contributed by atoms with Crippen LogP contribution in [0, 0.1) is 12.8 Å². The third-order valence-corrected chi connectivity index (χ3v) is 5.98. The molecular formula is C21H24N4OS. The molecule has 1 aliphatic rings. The summed E-state index contributed by atoms with van der Waals surface area (Å²) in [4.78, 5) is 16.1. The molecule has 1 N–H and O–H groups in total. The fourth-order valence-corrected chi connectivity index (χ4v) is 4.29. The summed E-state index contributed by atoms with van der Waals surface area (Å²) in [6.07, 6.45) is 1.10. The molecule has 1 unspecified atom stereocenters. The Hall–Kier alpha value is -2.60. The van der Waals surface area contributed by atoms with Crippen LogP contribution >= 0.6 is 11.3 Å². The summed E-state index contributed by atoms with van der Waals surface area (Å²) in [5.74, 6) is 0.418. The third kappa shape index (κ3) is 3.90. The average Bonchev–Trinajstić information content (AvgIpc) is 3.40. The van der Waals surface area contributed by atoms with E-state index in [1.54, 1.807) is 16.0 Å². The topological polar surface area (TPSA) is 50.2 Å². The first kappa shape index (κ1) is 17.8. The Bertz CT molecular complexity index is 932. The van der Waals surface area contributed by atoms with Crippen molar-refractivity contribution in [3.63, 3.8) is 0 Å². The molecule has 5 nitrogen and oxygen atoms in total. The number of hydrogen-bond donors (Lipinski definition) is 1. The summed E-state index contributed by atoms with van der Waals surface area (Å²) in [6.45, 7) is 4.84. The maximum absolute atomic E-state index is 12.6. The minimum atomic E-state index is -0.0539. The number of hydrogen-bond acceptors (Lipinski definition) is 4. The van der Waals surface area contributed by atoms with E-state index in [4.69, 9.17) is 0 Å². The minimum Gasteiger partial charge on any atom is -0.371 e. The molecule has 27 heavy (non-hydrogen) atoms. The van der Waals surface area contributed by atoms with E-state index >= 15 is 0 Å². The number of nitrogens with one attached hydrogen (secondary N) is 1. The molecule has 1 aromatic carbocycles. The quantitative estimate of drug-likeness (QED) is 0.734. The van der Waals surface area contributed by atoms with Crippen molar-refractivity contribution in [2.24, 2.45) is 13.0 Å². The van der Waals surface area contributed by atoms with Crippen molar-refractivity contribution in [1.82, 2.24) is 15.1 Å². The van der Waals surface area contributed by atoms with Gasteiger partial charge >= 0.3 is 0 Å². The van der Waals surface area contributed by atoms with Gasteiger partial charge in [-0.25, -0.2) is 0 Å². The van der Waals surface area contributed by atoms with Gasteiger partial charge in [0, 0.05) is 32.4 Å². The number of carbonyl (C=O) groups excluding carboxylic acids is 1. The molecule has 1 aliphatic heterocycles. The number of rotatable bonds is 5. The maximum atomic E-state index is 12.6. The first-order valence-corrected chi connectivity index (χ1v) is 10.2. The van der Waals surface area contributed by atoms with E-state index in [0.717, 1.165) is 30.1 Å². The highest BCUT2D eigenvalue weighted by atomic mass is 32.1. The lowest BCUT2D eigenvalue weighted by Gasteiger charge is -2.19. The van der Waals surface area contributed by atoms with Crippen LogP contribution in [0.5, 0.6) is 0 Å². The number of anilines is 1. The van der Waals surface area contributed by atoms with E-state index in [0.29, 0.717) is 18.2 Å². The van der Waals surface area contributed by atoms with Crippen molar-refractivity contribution in [3.8, 4) is 10.6 Å². The molecule has 0 saturated carbocycles. The summed E-state index contributed by atoms with van der Waals surface area (Å²) < 4.78 is 1.66. The number of benzene rings is 1. The SMILES string of the molecule is Cc1cccc(N2CCC(CNC(=O)c3cc(-c4cccs4)nn3C)C2)c1. The monoisotopic (exact) mass is 380 g/mol. The molecule has 0 aliphatic carbocycles. The molecule has 1 saturated heterocycles.